The van der Waals surface area contributed by atoms with E-state index in [1.165, 1.54) is 21.1 Å². The van der Waals surface area contributed by atoms with Gasteiger partial charge in [-0.3, -0.25) is 0 Å². The molecule has 0 aliphatic carbocycles. The van der Waals surface area contributed by atoms with Crippen molar-refractivity contribution in [2.45, 2.75) is 19.6 Å². The third-order valence-electron chi connectivity index (χ3n) is 1.43. The van der Waals surface area contributed by atoms with Crippen molar-refractivity contribution in [3.63, 3.8) is 0 Å². The summed E-state index contributed by atoms with van der Waals surface area (Å²) in [6, 6.07) is 0. The van der Waals surface area contributed by atoms with E-state index in [2.05, 4.69) is 0 Å². The topological polar surface area (TPSA) is 44.8 Å². The first kappa shape index (κ1) is 10.4. The van der Waals surface area contributed by atoms with Crippen LogP contribution in [0.3, 0.4) is 0 Å². The number of carbonyl (C=O) groups excluding carboxylic acids is 1. The monoisotopic (exact) mass is 162 g/mol. The third-order valence-corrected chi connectivity index (χ3v) is 1.43. The summed E-state index contributed by atoms with van der Waals surface area (Å²) in [6.07, 6.45) is 0. The molecule has 4 heteroatoms. The third kappa shape index (κ3) is 2.48. The molecular formula is C7H14O4. The second-order valence-electron chi connectivity index (χ2n) is 2.07. The van der Waals surface area contributed by atoms with Gasteiger partial charge in [0.15, 0.2) is 0 Å². The van der Waals surface area contributed by atoms with Gasteiger partial charge in [-0.25, -0.2) is 4.79 Å². The SMILES string of the molecule is CCOC(=O)C(C)(OC)OC. The van der Waals surface area contributed by atoms with Crippen LogP contribution in [0.15, 0.2) is 0 Å². The minimum absolute atomic E-state index is 0.321. The summed E-state index contributed by atoms with van der Waals surface area (Å²) in [5.41, 5.74) is 0. The van der Waals surface area contributed by atoms with Crippen LogP contribution < -0.4 is 0 Å². The summed E-state index contributed by atoms with van der Waals surface area (Å²) in [6.45, 7) is 3.55. The van der Waals surface area contributed by atoms with Gasteiger partial charge in [0.05, 0.1) is 6.61 Å². The summed E-state index contributed by atoms with van der Waals surface area (Å²) in [4.78, 5) is 11.1. The number of hydrogen-bond acceptors (Lipinski definition) is 4. The quantitative estimate of drug-likeness (QED) is 0.447. The number of hydrogen-bond donors (Lipinski definition) is 0. The van der Waals surface area contributed by atoms with E-state index in [0.717, 1.165) is 0 Å². The Bertz CT molecular complexity index is 128. The highest BCUT2D eigenvalue weighted by Gasteiger charge is 2.34. The van der Waals surface area contributed by atoms with Crippen molar-refractivity contribution >= 4 is 5.97 Å². The molecule has 0 rings (SSSR count). The van der Waals surface area contributed by atoms with Crippen LogP contribution in [0.4, 0.5) is 0 Å². The average molecular weight is 162 g/mol. The van der Waals surface area contributed by atoms with Crippen molar-refractivity contribution < 1.29 is 19.0 Å². The van der Waals surface area contributed by atoms with Gasteiger partial charge in [-0.15, -0.1) is 0 Å². The van der Waals surface area contributed by atoms with E-state index in [-0.39, 0.29) is 0 Å². The predicted octanol–water partition coefficient (Wildman–Crippen LogP) is 0.558. The van der Waals surface area contributed by atoms with E-state index in [4.69, 9.17) is 14.2 Å². The fourth-order valence-electron chi connectivity index (χ4n) is 0.512. The molecule has 0 fully saturated rings. The zero-order valence-corrected chi connectivity index (χ0v) is 7.34. The molecule has 0 aliphatic heterocycles. The molecule has 0 atom stereocenters. The maximum Gasteiger partial charge on any atom is 0.366 e. The largest absolute Gasteiger partial charge is 0.462 e. The van der Waals surface area contributed by atoms with Crippen LogP contribution >= 0.6 is 0 Å². The molecule has 0 aromatic heterocycles. The average Bonchev–Trinajstić information content (AvgIpc) is 2.03. The number of esters is 1. The molecule has 0 unspecified atom stereocenters. The van der Waals surface area contributed by atoms with Gasteiger partial charge < -0.3 is 14.2 Å². The van der Waals surface area contributed by atoms with Gasteiger partial charge in [0.25, 0.3) is 5.79 Å². The lowest BCUT2D eigenvalue weighted by atomic mass is 10.3. The fourth-order valence-corrected chi connectivity index (χ4v) is 0.512. The highest BCUT2D eigenvalue weighted by atomic mass is 16.7. The Balaban J connectivity index is 4.12. The van der Waals surface area contributed by atoms with Crippen molar-refractivity contribution in [2.24, 2.45) is 0 Å². The first-order chi connectivity index (χ1) is 5.10. The molecule has 0 bridgehead atoms. The smallest absolute Gasteiger partial charge is 0.366 e. The molecule has 0 aliphatic rings. The summed E-state index contributed by atoms with van der Waals surface area (Å²) in [5, 5.41) is 0. The van der Waals surface area contributed by atoms with Gasteiger partial charge in [-0.2, -0.15) is 0 Å². The van der Waals surface area contributed by atoms with Crippen molar-refractivity contribution in [1.82, 2.24) is 0 Å². The zero-order chi connectivity index (χ0) is 8.91. The minimum Gasteiger partial charge on any atom is -0.462 e. The molecule has 11 heavy (non-hydrogen) atoms. The van der Waals surface area contributed by atoms with Crippen LogP contribution in [0.2, 0.25) is 0 Å². The number of rotatable bonds is 4. The lowest BCUT2D eigenvalue weighted by Gasteiger charge is -2.23. The Morgan fingerprint density at radius 2 is 1.82 bits per heavy atom. The molecular weight excluding hydrogens is 148 g/mol. The summed E-state index contributed by atoms with van der Waals surface area (Å²) >= 11 is 0. The predicted molar refractivity (Wildman–Crippen MR) is 39.1 cm³/mol. The molecule has 0 saturated carbocycles. The van der Waals surface area contributed by atoms with Crippen LogP contribution in [0, 0.1) is 0 Å². The number of carbonyl (C=O) groups is 1. The fraction of sp³-hybridized carbons (Fsp3) is 0.857. The van der Waals surface area contributed by atoms with Gasteiger partial charge in [0, 0.05) is 21.1 Å². The zero-order valence-electron chi connectivity index (χ0n) is 7.34. The number of ether oxygens (including phenoxy) is 3. The van der Waals surface area contributed by atoms with Crippen LogP contribution in [0.5, 0.6) is 0 Å². The molecule has 0 spiro atoms. The normalized spacial score (nSPS) is 11.3. The highest BCUT2D eigenvalue weighted by molar-refractivity contribution is 5.77. The van der Waals surface area contributed by atoms with Crippen molar-refractivity contribution in [2.75, 3.05) is 20.8 Å². The van der Waals surface area contributed by atoms with Crippen molar-refractivity contribution in [3.05, 3.63) is 0 Å². The molecule has 0 aromatic rings. The van der Waals surface area contributed by atoms with Gasteiger partial charge in [-0.1, -0.05) is 0 Å². The summed E-state index contributed by atoms with van der Waals surface area (Å²) < 4.78 is 14.3. The molecule has 0 amide bonds. The number of methoxy groups -OCH3 is 2. The highest BCUT2D eigenvalue weighted by Crippen LogP contribution is 2.11. The standard InChI is InChI=1S/C7H14O4/c1-5-11-6(8)7(2,9-3)10-4/h5H2,1-4H3. The van der Waals surface area contributed by atoms with Crippen LogP contribution in [-0.2, 0) is 19.0 Å². The van der Waals surface area contributed by atoms with Crippen molar-refractivity contribution in [3.8, 4) is 0 Å². The Morgan fingerprint density at radius 1 is 1.36 bits per heavy atom. The maximum absolute atomic E-state index is 11.1. The van der Waals surface area contributed by atoms with Crippen molar-refractivity contribution in [1.29, 1.82) is 0 Å². The van der Waals surface area contributed by atoms with E-state index in [0.29, 0.717) is 6.61 Å². The Hall–Kier alpha value is -0.610. The Kier molecular flexibility index (Phi) is 4.07. The summed E-state index contributed by atoms with van der Waals surface area (Å²) in [7, 11) is 2.78. The van der Waals surface area contributed by atoms with E-state index in [1.807, 2.05) is 0 Å². The maximum atomic E-state index is 11.1. The van der Waals surface area contributed by atoms with Crippen LogP contribution in [0.1, 0.15) is 13.8 Å². The molecule has 4 nitrogen and oxygen atoms in total. The minimum atomic E-state index is -1.27. The second kappa shape index (κ2) is 4.31. The first-order valence-electron chi connectivity index (χ1n) is 3.38. The van der Waals surface area contributed by atoms with Crippen LogP contribution in [0.25, 0.3) is 0 Å². The second-order valence-corrected chi connectivity index (χ2v) is 2.07. The van der Waals surface area contributed by atoms with E-state index in [1.54, 1.807) is 6.92 Å². The molecule has 0 heterocycles. The Morgan fingerprint density at radius 3 is 2.09 bits per heavy atom. The summed E-state index contributed by atoms with van der Waals surface area (Å²) in [5.74, 6) is -1.78. The van der Waals surface area contributed by atoms with E-state index >= 15 is 0 Å². The van der Waals surface area contributed by atoms with Crippen LogP contribution in [-0.4, -0.2) is 32.6 Å². The van der Waals surface area contributed by atoms with Gasteiger partial charge >= 0.3 is 5.97 Å². The van der Waals surface area contributed by atoms with E-state index < -0.39 is 11.8 Å². The lowest BCUT2D eigenvalue weighted by molar-refractivity contribution is -0.222. The van der Waals surface area contributed by atoms with Gasteiger partial charge in [0.1, 0.15) is 0 Å². The molecule has 0 radical (unpaired) electrons. The van der Waals surface area contributed by atoms with Gasteiger partial charge in [-0.05, 0) is 6.92 Å². The first-order valence-corrected chi connectivity index (χ1v) is 3.38. The molecule has 0 aromatic carbocycles. The Labute approximate surface area is 66.4 Å². The lowest BCUT2D eigenvalue weighted by Crippen LogP contribution is -2.40. The molecule has 0 saturated heterocycles. The molecule has 0 N–H and O–H groups in total. The van der Waals surface area contributed by atoms with Gasteiger partial charge in [0.2, 0.25) is 0 Å². The van der Waals surface area contributed by atoms with E-state index in [9.17, 15) is 4.79 Å². The molecule has 66 valence electrons.